The zero-order valence-corrected chi connectivity index (χ0v) is 9.21. The lowest BCUT2D eigenvalue weighted by Gasteiger charge is -2.43. The molecule has 0 aromatic heterocycles. The molecule has 90 valence electrons. The third-order valence-corrected chi connectivity index (χ3v) is 3.08. The Balaban J connectivity index is 2.60. The molecule has 0 aromatic rings. The van der Waals surface area contributed by atoms with E-state index in [-0.39, 0.29) is 12.6 Å². The van der Waals surface area contributed by atoms with E-state index >= 15 is 0 Å². The average molecular weight is 218 g/mol. The maximum Gasteiger partial charge on any atom is 0.0991 e. The van der Waals surface area contributed by atoms with Gasteiger partial charge in [0.25, 0.3) is 0 Å². The second-order valence-electron chi connectivity index (χ2n) is 4.24. The number of likely N-dealkylation sites (tertiary alicyclic amines) is 1. The van der Waals surface area contributed by atoms with Gasteiger partial charge in [-0.3, -0.25) is 4.90 Å². The molecule has 0 aliphatic carbocycles. The zero-order valence-electron chi connectivity index (χ0n) is 9.21. The molecule has 15 heavy (non-hydrogen) atoms. The Hall–Kier alpha value is -0.200. The van der Waals surface area contributed by atoms with Crippen molar-refractivity contribution in [2.45, 2.75) is 44.1 Å². The number of nitrogens with two attached hydrogens (primary N) is 1. The smallest absolute Gasteiger partial charge is 0.0991 e. The van der Waals surface area contributed by atoms with E-state index < -0.39 is 18.2 Å². The van der Waals surface area contributed by atoms with Gasteiger partial charge >= 0.3 is 0 Å². The highest BCUT2D eigenvalue weighted by Gasteiger charge is 2.39. The van der Waals surface area contributed by atoms with E-state index in [1.54, 1.807) is 0 Å². The molecule has 1 aliphatic heterocycles. The highest BCUT2D eigenvalue weighted by molar-refractivity contribution is 4.95. The van der Waals surface area contributed by atoms with Gasteiger partial charge in [-0.05, 0) is 13.0 Å². The van der Waals surface area contributed by atoms with Gasteiger partial charge in [-0.25, -0.2) is 0 Å². The number of hydrogen-bond donors (Lipinski definition) is 4. The van der Waals surface area contributed by atoms with Gasteiger partial charge in [-0.15, -0.1) is 0 Å². The summed E-state index contributed by atoms with van der Waals surface area (Å²) >= 11 is 0. The first kappa shape index (κ1) is 12.9. The van der Waals surface area contributed by atoms with Crippen LogP contribution in [0.2, 0.25) is 0 Å². The van der Waals surface area contributed by atoms with Crippen molar-refractivity contribution in [3.8, 4) is 0 Å². The molecule has 4 atom stereocenters. The van der Waals surface area contributed by atoms with Crippen molar-refractivity contribution in [2.75, 3.05) is 19.7 Å². The number of unbranched alkanes of at least 4 members (excludes halogenated alkanes) is 1. The summed E-state index contributed by atoms with van der Waals surface area (Å²) in [7, 11) is 0. The van der Waals surface area contributed by atoms with Crippen LogP contribution in [0.4, 0.5) is 0 Å². The summed E-state index contributed by atoms with van der Waals surface area (Å²) in [6, 6.07) is -0.814. The fourth-order valence-electron chi connectivity index (χ4n) is 2.05. The van der Waals surface area contributed by atoms with Gasteiger partial charge in [-0.1, -0.05) is 13.3 Å². The van der Waals surface area contributed by atoms with Crippen LogP contribution < -0.4 is 5.73 Å². The number of piperidine rings is 1. The Morgan fingerprint density at radius 2 is 2.00 bits per heavy atom. The van der Waals surface area contributed by atoms with Crippen LogP contribution in [0.15, 0.2) is 0 Å². The molecule has 1 saturated heterocycles. The number of aliphatic hydroxyl groups excluding tert-OH is 3. The highest BCUT2D eigenvalue weighted by atomic mass is 16.3. The Morgan fingerprint density at radius 1 is 1.33 bits per heavy atom. The predicted octanol–water partition coefficient (Wildman–Crippen LogP) is -1.49. The van der Waals surface area contributed by atoms with E-state index in [4.69, 9.17) is 5.73 Å². The number of aliphatic hydroxyl groups is 3. The van der Waals surface area contributed by atoms with Gasteiger partial charge in [0, 0.05) is 12.6 Å². The van der Waals surface area contributed by atoms with Gasteiger partial charge in [0.2, 0.25) is 0 Å². The molecule has 0 bridgehead atoms. The van der Waals surface area contributed by atoms with E-state index in [1.165, 1.54) is 0 Å². The van der Waals surface area contributed by atoms with Crippen LogP contribution in [0, 0.1) is 0 Å². The largest absolute Gasteiger partial charge is 0.395 e. The van der Waals surface area contributed by atoms with Crippen molar-refractivity contribution < 1.29 is 15.3 Å². The Kier molecular flexibility index (Phi) is 4.95. The van der Waals surface area contributed by atoms with Crippen molar-refractivity contribution in [1.29, 1.82) is 0 Å². The molecule has 5 heteroatoms. The molecule has 1 heterocycles. The van der Waals surface area contributed by atoms with Crippen LogP contribution in [-0.2, 0) is 0 Å². The van der Waals surface area contributed by atoms with E-state index in [2.05, 4.69) is 6.92 Å². The van der Waals surface area contributed by atoms with Crippen LogP contribution in [0.25, 0.3) is 0 Å². The summed E-state index contributed by atoms with van der Waals surface area (Å²) in [5.74, 6) is 0. The van der Waals surface area contributed by atoms with Crippen LogP contribution in [0.1, 0.15) is 19.8 Å². The second kappa shape index (κ2) is 5.77. The predicted molar refractivity (Wildman–Crippen MR) is 57.3 cm³/mol. The first-order chi connectivity index (χ1) is 7.11. The maximum absolute atomic E-state index is 9.75. The van der Waals surface area contributed by atoms with Gasteiger partial charge in [0.05, 0.1) is 24.9 Å². The van der Waals surface area contributed by atoms with E-state index in [1.807, 2.05) is 4.90 Å². The summed E-state index contributed by atoms with van der Waals surface area (Å²) in [4.78, 5) is 1.96. The molecule has 5 N–H and O–H groups in total. The first-order valence-electron chi connectivity index (χ1n) is 5.58. The van der Waals surface area contributed by atoms with Crippen LogP contribution in [0.5, 0.6) is 0 Å². The highest BCUT2D eigenvalue weighted by Crippen LogP contribution is 2.18. The van der Waals surface area contributed by atoms with Crippen molar-refractivity contribution in [3.63, 3.8) is 0 Å². The van der Waals surface area contributed by atoms with Gasteiger partial charge in [0.1, 0.15) is 0 Å². The molecular formula is C10H22N2O3. The molecule has 5 nitrogen and oxygen atoms in total. The molecule has 1 aliphatic rings. The molecule has 1 rings (SSSR count). The van der Waals surface area contributed by atoms with E-state index in [9.17, 15) is 15.3 Å². The topological polar surface area (TPSA) is 90.0 Å². The molecule has 1 fully saturated rings. The molecular weight excluding hydrogens is 196 g/mol. The summed E-state index contributed by atoms with van der Waals surface area (Å²) in [5.41, 5.74) is 5.71. The van der Waals surface area contributed by atoms with E-state index in [0.717, 1.165) is 19.4 Å². The molecule has 0 aromatic carbocycles. The lowest BCUT2D eigenvalue weighted by molar-refractivity contribution is -0.0988. The van der Waals surface area contributed by atoms with Crippen molar-refractivity contribution in [2.24, 2.45) is 5.73 Å². The summed E-state index contributed by atoms with van der Waals surface area (Å²) in [5, 5.41) is 28.5. The normalized spacial score (nSPS) is 38.2. The first-order valence-corrected chi connectivity index (χ1v) is 5.58. The lowest BCUT2D eigenvalue weighted by atomic mass is 9.93. The fourth-order valence-corrected chi connectivity index (χ4v) is 2.05. The van der Waals surface area contributed by atoms with Gasteiger partial charge < -0.3 is 21.1 Å². The third-order valence-electron chi connectivity index (χ3n) is 3.08. The number of rotatable bonds is 4. The summed E-state index contributed by atoms with van der Waals surface area (Å²) in [6.07, 6.45) is 0.185. The second-order valence-corrected chi connectivity index (χ2v) is 4.24. The Morgan fingerprint density at radius 3 is 2.53 bits per heavy atom. The van der Waals surface area contributed by atoms with Crippen molar-refractivity contribution in [3.05, 3.63) is 0 Å². The van der Waals surface area contributed by atoms with Crippen LogP contribution in [0.3, 0.4) is 0 Å². The van der Waals surface area contributed by atoms with Gasteiger partial charge in [-0.2, -0.15) is 0 Å². The maximum atomic E-state index is 9.75. The standard InChI is InChI=1S/C10H22N2O3/c1-2-3-4-12-5-7(11)9(14)10(15)8(12)6-13/h7-10,13-15H,2-6,11H2,1H3/t7-,8?,9?,10?/m1/s1. The van der Waals surface area contributed by atoms with Crippen molar-refractivity contribution >= 4 is 0 Å². The summed E-state index contributed by atoms with van der Waals surface area (Å²) in [6.45, 7) is 3.28. The number of hydrogen-bond acceptors (Lipinski definition) is 5. The SMILES string of the molecule is CCCCN1C[C@@H](N)C(O)C(O)C1CO. The lowest BCUT2D eigenvalue weighted by Crippen LogP contribution is -2.64. The quantitative estimate of drug-likeness (QED) is 0.462. The van der Waals surface area contributed by atoms with E-state index in [0.29, 0.717) is 6.54 Å². The molecule has 3 unspecified atom stereocenters. The minimum atomic E-state index is -0.949. The molecule has 0 radical (unpaired) electrons. The minimum absolute atomic E-state index is 0.144. The van der Waals surface area contributed by atoms with Crippen molar-refractivity contribution in [1.82, 2.24) is 4.90 Å². The molecule has 0 spiro atoms. The Bertz CT molecular complexity index is 192. The zero-order chi connectivity index (χ0) is 11.4. The van der Waals surface area contributed by atoms with Crippen LogP contribution >= 0.6 is 0 Å². The number of nitrogens with zero attached hydrogens (tertiary/aromatic N) is 1. The van der Waals surface area contributed by atoms with Gasteiger partial charge in [0.15, 0.2) is 0 Å². The third kappa shape index (κ3) is 2.89. The molecule has 0 amide bonds. The minimum Gasteiger partial charge on any atom is -0.395 e. The Labute approximate surface area is 90.5 Å². The molecule has 0 saturated carbocycles. The monoisotopic (exact) mass is 218 g/mol. The van der Waals surface area contributed by atoms with Crippen LogP contribution in [-0.4, -0.2) is 64.2 Å². The fraction of sp³-hybridized carbons (Fsp3) is 1.00. The summed E-state index contributed by atoms with van der Waals surface area (Å²) < 4.78 is 0. The average Bonchev–Trinajstić information content (AvgIpc) is 2.23.